The summed E-state index contributed by atoms with van der Waals surface area (Å²) in [6, 6.07) is 10.1. The Balaban J connectivity index is 1.69. The maximum atomic E-state index is 13.4. The number of benzene rings is 2. The molecule has 1 heterocycles. The van der Waals surface area contributed by atoms with E-state index >= 15 is 0 Å². The van der Waals surface area contributed by atoms with Crippen molar-refractivity contribution in [3.63, 3.8) is 0 Å². The number of anilines is 1. The molecule has 2 aromatic carbocycles. The smallest absolute Gasteiger partial charge is 0.231 e. The molecule has 110 valence electrons. The Morgan fingerprint density at radius 1 is 1.24 bits per heavy atom. The summed E-state index contributed by atoms with van der Waals surface area (Å²) in [4.78, 5) is 0. The van der Waals surface area contributed by atoms with E-state index in [-0.39, 0.29) is 19.2 Å². The first-order chi connectivity index (χ1) is 10.1. The van der Waals surface area contributed by atoms with Gasteiger partial charge in [0.25, 0.3) is 0 Å². The average Bonchev–Trinajstić information content (AvgIpc) is 2.96. The molecule has 0 fully saturated rings. The van der Waals surface area contributed by atoms with Crippen LogP contribution < -0.4 is 14.8 Å². The Kier molecular flexibility index (Phi) is 3.66. The van der Waals surface area contributed by atoms with Crippen molar-refractivity contribution in [2.75, 3.05) is 18.7 Å². The molecule has 0 amide bonds. The number of fused-ring (bicyclic) bond motifs is 1. The maximum Gasteiger partial charge on any atom is 0.231 e. The van der Waals surface area contributed by atoms with Crippen molar-refractivity contribution >= 4 is 5.69 Å². The van der Waals surface area contributed by atoms with Crippen molar-refractivity contribution in [2.45, 2.75) is 13.0 Å². The fraction of sp³-hybridized carbons (Fsp3) is 0.250. The SMILES string of the molecule is Cc1c(F)cccc1NCC(O)c1ccc2c(c1)OCO2. The topological polar surface area (TPSA) is 50.7 Å². The number of ether oxygens (including phenoxy) is 2. The quantitative estimate of drug-likeness (QED) is 0.908. The van der Waals surface area contributed by atoms with Crippen molar-refractivity contribution < 1.29 is 19.0 Å². The van der Waals surface area contributed by atoms with Gasteiger partial charge in [-0.25, -0.2) is 4.39 Å². The van der Waals surface area contributed by atoms with Crippen LogP contribution in [0.3, 0.4) is 0 Å². The standard InChI is InChI=1S/C16H16FNO3/c1-10-12(17)3-2-4-13(10)18-8-14(19)11-5-6-15-16(7-11)21-9-20-15/h2-7,14,18-19H,8-9H2,1H3. The normalized spacial score (nSPS) is 14.0. The van der Waals surface area contributed by atoms with Crippen LogP contribution >= 0.6 is 0 Å². The number of hydrogen-bond donors (Lipinski definition) is 2. The number of aliphatic hydroxyl groups excluding tert-OH is 1. The van der Waals surface area contributed by atoms with Crippen molar-refractivity contribution in [1.29, 1.82) is 0 Å². The first-order valence-corrected chi connectivity index (χ1v) is 6.72. The van der Waals surface area contributed by atoms with Gasteiger partial charge in [0.1, 0.15) is 5.82 Å². The van der Waals surface area contributed by atoms with E-state index in [0.717, 1.165) is 5.56 Å². The largest absolute Gasteiger partial charge is 0.454 e. The molecule has 0 spiro atoms. The van der Waals surface area contributed by atoms with Crippen LogP contribution in [0.2, 0.25) is 0 Å². The molecule has 1 unspecified atom stereocenters. The van der Waals surface area contributed by atoms with E-state index in [1.165, 1.54) is 6.07 Å². The predicted octanol–water partition coefficient (Wildman–Crippen LogP) is 3.01. The van der Waals surface area contributed by atoms with Crippen molar-refractivity contribution in [2.24, 2.45) is 0 Å². The van der Waals surface area contributed by atoms with Crippen LogP contribution in [0.1, 0.15) is 17.2 Å². The molecular formula is C16H16FNO3. The Bertz CT molecular complexity index is 660. The maximum absolute atomic E-state index is 13.4. The third-order valence-electron chi connectivity index (χ3n) is 3.53. The van der Waals surface area contributed by atoms with Gasteiger partial charge in [0.2, 0.25) is 6.79 Å². The van der Waals surface area contributed by atoms with E-state index in [4.69, 9.17) is 9.47 Å². The number of hydrogen-bond acceptors (Lipinski definition) is 4. The molecule has 0 saturated heterocycles. The lowest BCUT2D eigenvalue weighted by molar-refractivity contribution is 0.173. The average molecular weight is 289 g/mol. The minimum Gasteiger partial charge on any atom is -0.454 e. The summed E-state index contributed by atoms with van der Waals surface area (Å²) in [6.07, 6.45) is -0.720. The molecule has 0 saturated carbocycles. The van der Waals surface area contributed by atoms with Crippen LogP contribution in [0, 0.1) is 12.7 Å². The van der Waals surface area contributed by atoms with Gasteiger partial charge in [-0.1, -0.05) is 12.1 Å². The highest BCUT2D eigenvalue weighted by Crippen LogP contribution is 2.34. The summed E-state index contributed by atoms with van der Waals surface area (Å²) in [5, 5.41) is 13.3. The summed E-state index contributed by atoms with van der Waals surface area (Å²) < 4.78 is 24.0. The van der Waals surface area contributed by atoms with Gasteiger partial charge in [0.15, 0.2) is 11.5 Å². The monoisotopic (exact) mass is 289 g/mol. The van der Waals surface area contributed by atoms with Gasteiger partial charge in [-0.2, -0.15) is 0 Å². The van der Waals surface area contributed by atoms with Gasteiger partial charge in [0.05, 0.1) is 6.10 Å². The van der Waals surface area contributed by atoms with Crippen molar-refractivity contribution in [3.05, 3.63) is 53.3 Å². The second-order valence-corrected chi connectivity index (χ2v) is 4.92. The van der Waals surface area contributed by atoms with Gasteiger partial charge in [-0.05, 0) is 36.8 Å². The molecule has 1 aliphatic rings. The first-order valence-electron chi connectivity index (χ1n) is 6.72. The summed E-state index contributed by atoms with van der Waals surface area (Å²) in [7, 11) is 0. The van der Waals surface area contributed by atoms with E-state index in [2.05, 4.69) is 5.32 Å². The third kappa shape index (κ3) is 2.78. The van der Waals surface area contributed by atoms with E-state index in [0.29, 0.717) is 22.7 Å². The van der Waals surface area contributed by atoms with Gasteiger partial charge >= 0.3 is 0 Å². The lowest BCUT2D eigenvalue weighted by Gasteiger charge is -2.15. The van der Waals surface area contributed by atoms with E-state index in [9.17, 15) is 9.50 Å². The number of nitrogens with one attached hydrogen (secondary N) is 1. The molecule has 5 heteroatoms. The molecule has 0 radical (unpaired) electrons. The summed E-state index contributed by atoms with van der Waals surface area (Å²) in [5.41, 5.74) is 1.94. The number of rotatable bonds is 4. The molecule has 2 aromatic rings. The molecule has 21 heavy (non-hydrogen) atoms. The van der Waals surface area contributed by atoms with E-state index < -0.39 is 6.10 Å². The third-order valence-corrected chi connectivity index (χ3v) is 3.53. The molecule has 2 N–H and O–H groups in total. The summed E-state index contributed by atoms with van der Waals surface area (Å²) in [6.45, 7) is 2.18. The van der Waals surface area contributed by atoms with Crippen LogP contribution in [0.4, 0.5) is 10.1 Å². The predicted molar refractivity (Wildman–Crippen MR) is 77.2 cm³/mol. The minimum atomic E-state index is -0.720. The molecular weight excluding hydrogens is 273 g/mol. The Labute approximate surface area is 122 Å². The Hall–Kier alpha value is -2.27. The van der Waals surface area contributed by atoms with Gasteiger partial charge in [-0.15, -0.1) is 0 Å². The van der Waals surface area contributed by atoms with Crippen LogP contribution in [-0.4, -0.2) is 18.4 Å². The van der Waals surface area contributed by atoms with Crippen molar-refractivity contribution in [3.8, 4) is 11.5 Å². The van der Waals surface area contributed by atoms with Crippen LogP contribution in [0.5, 0.6) is 11.5 Å². The summed E-state index contributed by atoms with van der Waals surface area (Å²) in [5.74, 6) is 1.05. The molecule has 3 rings (SSSR count). The molecule has 0 bridgehead atoms. The molecule has 1 atom stereocenters. The van der Waals surface area contributed by atoms with Crippen LogP contribution in [0.25, 0.3) is 0 Å². The number of aliphatic hydroxyl groups is 1. The zero-order valence-electron chi connectivity index (χ0n) is 11.6. The zero-order chi connectivity index (χ0) is 14.8. The van der Waals surface area contributed by atoms with Crippen LogP contribution in [0.15, 0.2) is 36.4 Å². The van der Waals surface area contributed by atoms with Gasteiger partial charge in [-0.3, -0.25) is 0 Å². The van der Waals surface area contributed by atoms with Crippen LogP contribution in [-0.2, 0) is 0 Å². The highest BCUT2D eigenvalue weighted by atomic mass is 19.1. The van der Waals surface area contributed by atoms with E-state index in [1.807, 2.05) is 0 Å². The second-order valence-electron chi connectivity index (χ2n) is 4.92. The van der Waals surface area contributed by atoms with Gasteiger partial charge < -0.3 is 19.9 Å². The fourth-order valence-corrected chi connectivity index (χ4v) is 2.24. The lowest BCUT2D eigenvalue weighted by Crippen LogP contribution is -2.13. The molecule has 4 nitrogen and oxygen atoms in total. The molecule has 0 aliphatic carbocycles. The summed E-state index contributed by atoms with van der Waals surface area (Å²) >= 11 is 0. The first kappa shape index (κ1) is 13.7. The van der Waals surface area contributed by atoms with Gasteiger partial charge in [0, 0.05) is 17.8 Å². The Morgan fingerprint density at radius 2 is 2.05 bits per heavy atom. The zero-order valence-corrected chi connectivity index (χ0v) is 11.6. The minimum absolute atomic E-state index is 0.204. The highest BCUT2D eigenvalue weighted by molar-refractivity contribution is 5.51. The van der Waals surface area contributed by atoms with E-state index in [1.54, 1.807) is 37.3 Å². The Morgan fingerprint density at radius 3 is 2.90 bits per heavy atom. The molecule has 1 aliphatic heterocycles. The highest BCUT2D eigenvalue weighted by Gasteiger charge is 2.16. The molecule has 0 aromatic heterocycles. The fourth-order valence-electron chi connectivity index (χ4n) is 2.24. The van der Waals surface area contributed by atoms with Crippen molar-refractivity contribution in [1.82, 2.24) is 0 Å². The lowest BCUT2D eigenvalue weighted by atomic mass is 10.1. The second kappa shape index (κ2) is 5.61. The number of halogens is 1.